The van der Waals surface area contributed by atoms with Crippen molar-refractivity contribution < 1.29 is 0 Å². The largest absolute Gasteiger partial charge is 0.339 e. The zero-order chi connectivity index (χ0) is 16.8. The molecule has 1 unspecified atom stereocenters. The summed E-state index contributed by atoms with van der Waals surface area (Å²) in [5.41, 5.74) is 3.34. The Morgan fingerprint density at radius 1 is 1.25 bits per heavy atom. The van der Waals surface area contributed by atoms with E-state index in [0.717, 1.165) is 51.1 Å². The number of hydrogen-bond acceptors (Lipinski definition) is 4. The summed E-state index contributed by atoms with van der Waals surface area (Å²) in [7, 11) is 0. The molecule has 0 amide bonds. The van der Waals surface area contributed by atoms with Gasteiger partial charge < -0.3 is 5.32 Å². The van der Waals surface area contributed by atoms with E-state index >= 15 is 0 Å². The quantitative estimate of drug-likeness (QED) is 0.542. The molecule has 1 N–H and O–H groups in total. The van der Waals surface area contributed by atoms with Gasteiger partial charge in [0.25, 0.3) is 0 Å². The van der Waals surface area contributed by atoms with Gasteiger partial charge in [-0.05, 0) is 67.0 Å². The first-order valence-corrected chi connectivity index (χ1v) is 9.59. The standard InChI is InChI=1S/C18H17Cl2N3S/c1-9-3-6-12-14(7-9)24-17-15(12)16(22-18(20)23-17)21-11-5-4-10(2)13(19)8-11/h4-5,8-9H,3,6-7H2,1-2H3,(H,21,22,23). The molecule has 4 rings (SSSR count). The molecule has 3 aromatic rings. The molecule has 0 radical (unpaired) electrons. The molecule has 0 aliphatic heterocycles. The van der Waals surface area contributed by atoms with Gasteiger partial charge in [-0.15, -0.1) is 11.3 Å². The van der Waals surface area contributed by atoms with Crippen LogP contribution in [0, 0.1) is 12.8 Å². The Morgan fingerprint density at radius 3 is 2.88 bits per heavy atom. The van der Waals surface area contributed by atoms with Gasteiger partial charge in [0.15, 0.2) is 0 Å². The highest BCUT2D eigenvalue weighted by Crippen LogP contribution is 2.41. The van der Waals surface area contributed by atoms with Gasteiger partial charge in [-0.3, -0.25) is 0 Å². The van der Waals surface area contributed by atoms with Crippen LogP contribution in [-0.2, 0) is 12.8 Å². The number of benzene rings is 1. The maximum absolute atomic E-state index is 6.24. The lowest BCUT2D eigenvalue weighted by Gasteiger charge is -2.18. The molecule has 1 atom stereocenters. The lowest BCUT2D eigenvalue weighted by Crippen LogP contribution is -2.09. The van der Waals surface area contributed by atoms with Crippen molar-refractivity contribution in [2.24, 2.45) is 5.92 Å². The summed E-state index contributed by atoms with van der Waals surface area (Å²) >= 11 is 14.1. The number of hydrogen-bond donors (Lipinski definition) is 1. The van der Waals surface area contributed by atoms with Gasteiger partial charge in [-0.25, -0.2) is 4.98 Å². The summed E-state index contributed by atoms with van der Waals surface area (Å²) in [5.74, 6) is 1.50. The fourth-order valence-electron chi connectivity index (χ4n) is 3.21. The molecular formula is C18H17Cl2N3S. The second kappa shape index (κ2) is 6.17. The first-order valence-electron chi connectivity index (χ1n) is 8.02. The van der Waals surface area contributed by atoms with E-state index < -0.39 is 0 Å². The predicted octanol–water partition coefficient (Wildman–Crippen LogP) is 6.17. The molecule has 1 aliphatic carbocycles. The van der Waals surface area contributed by atoms with Crippen LogP contribution in [0.4, 0.5) is 11.5 Å². The van der Waals surface area contributed by atoms with Gasteiger partial charge in [-0.2, -0.15) is 4.98 Å². The Balaban J connectivity index is 1.83. The molecule has 3 nitrogen and oxygen atoms in total. The van der Waals surface area contributed by atoms with Crippen LogP contribution in [0.2, 0.25) is 10.3 Å². The topological polar surface area (TPSA) is 37.8 Å². The van der Waals surface area contributed by atoms with Crippen molar-refractivity contribution in [1.82, 2.24) is 9.97 Å². The Morgan fingerprint density at radius 2 is 2.08 bits per heavy atom. The molecule has 6 heteroatoms. The van der Waals surface area contributed by atoms with Gasteiger partial charge in [0.05, 0.1) is 5.39 Å². The number of nitrogens with zero attached hydrogens (tertiary/aromatic N) is 2. The Hall–Kier alpha value is -1.36. The van der Waals surface area contributed by atoms with Crippen LogP contribution in [0.5, 0.6) is 0 Å². The highest BCUT2D eigenvalue weighted by atomic mass is 35.5. The Labute approximate surface area is 155 Å². The SMILES string of the molecule is Cc1ccc(Nc2nc(Cl)nc3sc4c(c23)CCC(C)C4)cc1Cl. The maximum atomic E-state index is 6.24. The van der Waals surface area contributed by atoms with E-state index in [4.69, 9.17) is 23.2 Å². The number of nitrogens with one attached hydrogen (secondary N) is 1. The normalized spacial score (nSPS) is 17.1. The second-order valence-corrected chi connectivity index (χ2v) is 8.29. The highest BCUT2D eigenvalue weighted by Gasteiger charge is 2.23. The highest BCUT2D eigenvalue weighted by molar-refractivity contribution is 7.19. The van der Waals surface area contributed by atoms with E-state index in [1.807, 2.05) is 25.1 Å². The zero-order valence-electron chi connectivity index (χ0n) is 13.5. The van der Waals surface area contributed by atoms with Gasteiger partial charge in [0, 0.05) is 15.6 Å². The van der Waals surface area contributed by atoms with Gasteiger partial charge in [0.2, 0.25) is 5.28 Å². The second-order valence-electron chi connectivity index (χ2n) is 6.46. The van der Waals surface area contributed by atoms with Crippen molar-refractivity contribution in [3.63, 3.8) is 0 Å². The first kappa shape index (κ1) is 16.1. The van der Waals surface area contributed by atoms with Crippen LogP contribution < -0.4 is 5.32 Å². The number of rotatable bonds is 2. The van der Waals surface area contributed by atoms with Crippen LogP contribution in [0.1, 0.15) is 29.3 Å². The van der Waals surface area contributed by atoms with Crippen LogP contribution >= 0.6 is 34.5 Å². The van der Waals surface area contributed by atoms with Crippen molar-refractivity contribution in [3.05, 3.63) is 44.5 Å². The molecule has 24 heavy (non-hydrogen) atoms. The lowest BCUT2D eigenvalue weighted by molar-refractivity contribution is 0.509. The van der Waals surface area contributed by atoms with Gasteiger partial charge >= 0.3 is 0 Å². The van der Waals surface area contributed by atoms with Crippen molar-refractivity contribution >= 4 is 56.3 Å². The van der Waals surface area contributed by atoms with Crippen LogP contribution in [0.25, 0.3) is 10.2 Å². The van der Waals surface area contributed by atoms with Gasteiger partial charge in [-0.1, -0.05) is 24.6 Å². The fraction of sp³-hybridized carbons (Fsp3) is 0.333. The minimum absolute atomic E-state index is 0.273. The third-order valence-corrected chi connectivity index (χ3v) is 6.29. The Kier molecular flexibility index (Phi) is 4.15. The molecular weight excluding hydrogens is 361 g/mol. The third-order valence-electron chi connectivity index (χ3n) is 4.56. The molecule has 2 aromatic heterocycles. The molecule has 0 spiro atoms. The minimum Gasteiger partial charge on any atom is -0.339 e. The number of aromatic nitrogens is 2. The number of aryl methyl sites for hydroxylation is 2. The number of anilines is 2. The van der Waals surface area contributed by atoms with Crippen LogP contribution in [-0.4, -0.2) is 9.97 Å². The molecule has 2 heterocycles. The fourth-order valence-corrected chi connectivity index (χ4v) is 5.00. The lowest BCUT2D eigenvalue weighted by atomic mass is 9.89. The molecule has 0 bridgehead atoms. The number of thiophene rings is 1. The average molecular weight is 378 g/mol. The molecule has 124 valence electrons. The Bertz CT molecular complexity index is 936. The first-order chi connectivity index (χ1) is 11.5. The summed E-state index contributed by atoms with van der Waals surface area (Å²) in [6.07, 6.45) is 3.39. The number of halogens is 2. The van der Waals surface area contributed by atoms with E-state index in [1.165, 1.54) is 16.9 Å². The van der Waals surface area contributed by atoms with E-state index in [2.05, 4.69) is 22.2 Å². The molecule has 1 aromatic carbocycles. The van der Waals surface area contributed by atoms with E-state index in [1.54, 1.807) is 11.3 Å². The summed E-state index contributed by atoms with van der Waals surface area (Å²) in [5, 5.41) is 5.51. The molecule has 0 saturated heterocycles. The number of fused-ring (bicyclic) bond motifs is 3. The molecule has 1 aliphatic rings. The van der Waals surface area contributed by atoms with Crippen LogP contribution in [0.3, 0.4) is 0 Å². The zero-order valence-corrected chi connectivity index (χ0v) is 15.8. The smallest absolute Gasteiger partial charge is 0.225 e. The summed E-state index contributed by atoms with van der Waals surface area (Å²) in [4.78, 5) is 11.3. The summed E-state index contributed by atoms with van der Waals surface area (Å²) in [6.45, 7) is 4.29. The van der Waals surface area contributed by atoms with Crippen molar-refractivity contribution in [3.8, 4) is 0 Å². The predicted molar refractivity (Wildman–Crippen MR) is 103 cm³/mol. The maximum Gasteiger partial charge on any atom is 0.225 e. The average Bonchev–Trinajstić information content (AvgIpc) is 2.87. The third kappa shape index (κ3) is 2.87. The monoisotopic (exact) mass is 377 g/mol. The van der Waals surface area contributed by atoms with Crippen molar-refractivity contribution in [1.29, 1.82) is 0 Å². The van der Waals surface area contributed by atoms with Gasteiger partial charge in [0.1, 0.15) is 10.6 Å². The van der Waals surface area contributed by atoms with Crippen molar-refractivity contribution in [2.45, 2.75) is 33.1 Å². The van der Waals surface area contributed by atoms with E-state index in [0.29, 0.717) is 0 Å². The van der Waals surface area contributed by atoms with Crippen molar-refractivity contribution in [2.75, 3.05) is 5.32 Å². The molecule has 0 saturated carbocycles. The summed E-state index contributed by atoms with van der Waals surface area (Å²) < 4.78 is 0. The van der Waals surface area contributed by atoms with E-state index in [9.17, 15) is 0 Å². The van der Waals surface area contributed by atoms with E-state index in [-0.39, 0.29) is 5.28 Å². The summed E-state index contributed by atoms with van der Waals surface area (Å²) in [6, 6.07) is 5.92. The molecule has 0 fully saturated rings. The van der Waals surface area contributed by atoms with Crippen LogP contribution in [0.15, 0.2) is 18.2 Å². The minimum atomic E-state index is 0.273.